The summed E-state index contributed by atoms with van der Waals surface area (Å²) in [7, 11) is 0. The maximum absolute atomic E-state index is 12.3. The van der Waals surface area contributed by atoms with Gasteiger partial charge in [0.15, 0.2) is 0 Å². The first kappa shape index (κ1) is 27.8. The van der Waals surface area contributed by atoms with Crippen LogP contribution < -0.4 is 10.6 Å². The molecule has 2 heterocycles. The summed E-state index contributed by atoms with van der Waals surface area (Å²) in [5, 5.41) is 5.43. The third-order valence-corrected chi connectivity index (χ3v) is 4.36. The number of rotatable bonds is 0. The van der Waals surface area contributed by atoms with Gasteiger partial charge >= 0.3 is 0 Å². The molecule has 2 rings (SSSR count). The van der Waals surface area contributed by atoms with Crippen LogP contribution in [0.2, 0.25) is 0 Å². The number of hydrogen-bond donors (Lipinski definition) is 2. The molecule has 1 aliphatic rings. The molecule has 1 aliphatic heterocycles. The number of amides is 2. The van der Waals surface area contributed by atoms with Gasteiger partial charge in [-0.15, -0.1) is 0 Å². The fraction of sp³-hybridized carbons (Fsp3) is 0.609. The number of pyridine rings is 1. The first-order valence-electron chi connectivity index (χ1n) is 11.4. The SMILES string of the molecule is O=C1NCCOCCOCCOC/C=C\COCCOCCOCCNC(=O)c2cccc1n2. The Morgan fingerprint density at radius 1 is 0.559 bits per heavy atom. The van der Waals surface area contributed by atoms with E-state index in [1.807, 2.05) is 12.2 Å². The van der Waals surface area contributed by atoms with E-state index in [0.717, 1.165) is 0 Å². The van der Waals surface area contributed by atoms with Crippen molar-refractivity contribution in [1.82, 2.24) is 15.6 Å². The highest BCUT2D eigenvalue weighted by Gasteiger charge is 2.11. The number of aromatic nitrogens is 1. The maximum atomic E-state index is 12.3. The fourth-order valence-electron chi connectivity index (χ4n) is 2.66. The largest absolute Gasteiger partial charge is 0.377 e. The Balaban J connectivity index is 1.74. The number of fused-ring (bicyclic) bond motifs is 2. The molecular formula is C23H35N3O8. The first-order chi connectivity index (χ1) is 16.8. The van der Waals surface area contributed by atoms with Gasteiger partial charge in [-0.25, -0.2) is 4.98 Å². The number of carbonyl (C=O) groups is 2. The molecule has 0 radical (unpaired) electrons. The van der Waals surface area contributed by atoms with E-state index < -0.39 is 0 Å². The highest BCUT2D eigenvalue weighted by molar-refractivity contribution is 5.96. The summed E-state index contributed by atoms with van der Waals surface area (Å²) in [5.74, 6) is -0.753. The molecule has 0 spiro atoms. The van der Waals surface area contributed by atoms with Crippen LogP contribution in [0.25, 0.3) is 0 Å². The second-order valence-corrected chi connectivity index (χ2v) is 6.99. The molecule has 2 bridgehead atoms. The number of carbonyl (C=O) groups excluding carboxylic acids is 2. The summed E-state index contributed by atoms with van der Waals surface area (Å²) >= 11 is 0. The van der Waals surface area contributed by atoms with Crippen LogP contribution in [0.4, 0.5) is 0 Å². The van der Waals surface area contributed by atoms with Crippen molar-refractivity contribution in [3.8, 4) is 0 Å². The summed E-state index contributed by atoms with van der Waals surface area (Å²) in [6.45, 7) is 5.92. The third kappa shape index (κ3) is 13.3. The van der Waals surface area contributed by atoms with E-state index in [-0.39, 0.29) is 23.2 Å². The maximum Gasteiger partial charge on any atom is 0.269 e. The van der Waals surface area contributed by atoms with Crippen LogP contribution >= 0.6 is 0 Å². The summed E-state index contributed by atoms with van der Waals surface area (Å²) in [4.78, 5) is 28.7. The zero-order chi connectivity index (χ0) is 24.1. The molecule has 0 atom stereocenters. The molecule has 190 valence electrons. The van der Waals surface area contributed by atoms with Gasteiger partial charge in [-0.2, -0.15) is 0 Å². The highest BCUT2D eigenvalue weighted by Crippen LogP contribution is 2.00. The van der Waals surface area contributed by atoms with E-state index in [0.29, 0.717) is 92.4 Å². The summed E-state index contributed by atoms with van der Waals surface area (Å²) < 4.78 is 32.6. The van der Waals surface area contributed by atoms with Gasteiger partial charge in [0.25, 0.3) is 11.8 Å². The van der Waals surface area contributed by atoms with Crippen LogP contribution in [-0.2, 0) is 28.4 Å². The molecule has 0 saturated carbocycles. The topological polar surface area (TPSA) is 126 Å². The van der Waals surface area contributed by atoms with Crippen molar-refractivity contribution in [3.63, 3.8) is 0 Å². The first-order valence-corrected chi connectivity index (χ1v) is 11.4. The van der Waals surface area contributed by atoms with Crippen LogP contribution in [0, 0.1) is 0 Å². The number of ether oxygens (including phenoxy) is 6. The molecular weight excluding hydrogens is 446 g/mol. The highest BCUT2D eigenvalue weighted by atomic mass is 16.5. The van der Waals surface area contributed by atoms with Crippen LogP contribution in [0.3, 0.4) is 0 Å². The second kappa shape index (κ2) is 19.0. The Bertz CT molecular complexity index is 677. The Hall–Kier alpha value is -2.41. The lowest BCUT2D eigenvalue weighted by atomic mass is 10.2. The minimum Gasteiger partial charge on any atom is -0.377 e. The smallest absolute Gasteiger partial charge is 0.269 e. The van der Waals surface area contributed by atoms with Crippen molar-refractivity contribution in [2.75, 3.05) is 92.4 Å². The lowest BCUT2D eigenvalue weighted by molar-refractivity contribution is 0.0187. The molecule has 2 amide bonds. The lowest BCUT2D eigenvalue weighted by Crippen LogP contribution is -2.31. The molecule has 2 N–H and O–H groups in total. The van der Waals surface area contributed by atoms with Crippen molar-refractivity contribution >= 4 is 11.8 Å². The summed E-state index contributed by atoms with van der Waals surface area (Å²) in [6.07, 6.45) is 3.79. The van der Waals surface area contributed by atoms with E-state index in [4.69, 9.17) is 28.4 Å². The van der Waals surface area contributed by atoms with Crippen LogP contribution in [0.1, 0.15) is 21.0 Å². The Labute approximate surface area is 200 Å². The quantitative estimate of drug-likeness (QED) is 0.500. The van der Waals surface area contributed by atoms with E-state index >= 15 is 0 Å². The number of nitrogens with one attached hydrogen (secondary N) is 2. The van der Waals surface area contributed by atoms with Gasteiger partial charge in [0.1, 0.15) is 11.4 Å². The van der Waals surface area contributed by atoms with Crippen LogP contribution in [0.15, 0.2) is 30.4 Å². The summed E-state index contributed by atoms with van der Waals surface area (Å²) in [5.41, 5.74) is 0.319. The number of hydrogen-bond acceptors (Lipinski definition) is 9. The fourth-order valence-corrected chi connectivity index (χ4v) is 2.66. The predicted molar refractivity (Wildman–Crippen MR) is 123 cm³/mol. The molecule has 1 aromatic rings. The standard InChI is InChI=1S/C23H35N3O8/c27-22-20-4-3-5-21(26-20)23(28)25-7-11-32-15-19-34-17-13-30-9-2-1-8-29-12-16-33-18-14-31-10-6-24-22/h1-5H,6-19H2,(H,24,27)(H,25,28)/b2-1-. The van der Waals surface area contributed by atoms with E-state index in [1.165, 1.54) is 0 Å². The summed E-state index contributed by atoms with van der Waals surface area (Å²) in [6, 6.07) is 4.71. The average Bonchev–Trinajstić information content (AvgIpc) is 2.85. The van der Waals surface area contributed by atoms with Crippen LogP contribution in [-0.4, -0.2) is 109 Å². The Kier molecular flexibility index (Phi) is 15.5. The van der Waals surface area contributed by atoms with Crippen molar-refractivity contribution < 1.29 is 38.0 Å². The Morgan fingerprint density at radius 2 is 0.941 bits per heavy atom. The molecule has 11 heteroatoms. The molecule has 0 fully saturated rings. The monoisotopic (exact) mass is 481 g/mol. The lowest BCUT2D eigenvalue weighted by Gasteiger charge is -2.09. The van der Waals surface area contributed by atoms with E-state index in [9.17, 15) is 9.59 Å². The van der Waals surface area contributed by atoms with Crippen molar-refractivity contribution in [2.45, 2.75) is 0 Å². The second-order valence-electron chi connectivity index (χ2n) is 6.99. The van der Waals surface area contributed by atoms with Gasteiger partial charge in [-0.3, -0.25) is 9.59 Å². The van der Waals surface area contributed by atoms with Crippen LogP contribution in [0.5, 0.6) is 0 Å². The van der Waals surface area contributed by atoms with Gasteiger partial charge in [-0.05, 0) is 12.1 Å². The number of nitrogens with zero attached hydrogens (tertiary/aromatic N) is 1. The zero-order valence-electron chi connectivity index (χ0n) is 19.5. The van der Waals surface area contributed by atoms with Gasteiger partial charge < -0.3 is 39.1 Å². The molecule has 0 saturated heterocycles. The van der Waals surface area contributed by atoms with E-state index in [2.05, 4.69) is 15.6 Å². The molecule has 0 unspecified atom stereocenters. The molecule has 34 heavy (non-hydrogen) atoms. The zero-order valence-corrected chi connectivity index (χ0v) is 19.5. The predicted octanol–water partition coefficient (Wildman–Crippen LogP) is 0.211. The van der Waals surface area contributed by atoms with E-state index in [1.54, 1.807) is 18.2 Å². The van der Waals surface area contributed by atoms with Crippen molar-refractivity contribution in [2.24, 2.45) is 0 Å². The Morgan fingerprint density at radius 3 is 1.38 bits per heavy atom. The van der Waals surface area contributed by atoms with Gasteiger partial charge in [-0.1, -0.05) is 18.2 Å². The van der Waals surface area contributed by atoms with Gasteiger partial charge in [0.05, 0.1) is 79.3 Å². The minimum atomic E-state index is -0.376. The van der Waals surface area contributed by atoms with Crippen molar-refractivity contribution in [1.29, 1.82) is 0 Å². The van der Waals surface area contributed by atoms with Gasteiger partial charge in [0.2, 0.25) is 0 Å². The molecule has 0 aliphatic carbocycles. The third-order valence-electron chi connectivity index (χ3n) is 4.36. The normalized spacial score (nSPS) is 21.2. The minimum absolute atomic E-state index is 0.159. The molecule has 1 aromatic heterocycles. The molecule has 11 nitrogen and oxygen atoms in total. The molecule has 0 aromatic carbocycles. The van der Waals surface area contributed by atoms with Gasteiger partial charge in [0, 0.05) is 13.1 Å². The average molecular weight is 482 g/mol. The van der Waals surface area contributed by atoms with Crippen molar-refractivity contribution in [3.05, 3.63) is 41.7 Å².